The highest BCUT2D eigenvalue weighted by Gasteiger charge is 2.11. The van der Waals surface area contributed by atoms with E-state index in [9.17, 15) is 0 Å². The molecular weight excluding hydrogens is 325 g/mol. The first kappa shape index (κ1) is 15.6. The third-order valence-electron chi connectivity index (χ3n) is 3.04. The summed E-state index contributed by atoms with van der Waals surface area (Å²) in [5.74, 6) is 0. The van der Waals surface area contributed by atoms with E-state index in [1.165, 1.54) is 0 Å². The summed E-state index contributed by atoms with van der Waals surface area (Å²) >= 11 is 17.1. The van der Waals surface area contributed by atoms with Crippen molar-refractivity contribution in [2.75, 3.05) is 0 Å². The molecule has 0 amide bonds. The summed E-state index contributed by atoms with van der Waals surface area (Å²) in [5.41, 5.74) is 8.26. The Morgan fingerprint density at radius 2 is 2.05 bits per heavy atom. The maximum Gasteiger partial charge on any atom is 0.114 e. The zero-order valence-electron chi connectivity index (χ0n) is 11.1. The Bertz CT molecular complexity index is 785. The second-order valence-corrected chi connectivity index (χ2v) is 5.64. The summed E-state index contributed by atoms with van der Waals surface area (Å²) in [5, 5.41) is 10.2. The normalized spacial score (nSPS) is 11.2. The average molecular weight is 336 g/mol. The van der Waals surface area contributed by atoms with Crippen LogP contribution in [0.5, 0.6) is 0 Å². The van der Waals surface area contributed by atoms with E-state index in [1.54, 1.807) is 24.3 Å². The molecule has 0 aliphatic carbocycles. The predicted octanol–water partition coefficient (Wildman–Crippen LogP) is 4.19. The van der Waals surface area contributed by atoms with Crippen molar-refractivity contribution in [3.8, 4) is 17.3 Å². The molecule has 0 atom stereocenters. The van der Waals surface area contributed by atoms with Gasteiger partial charge in [0, 0.05) is 34.0 Å². The van der Waals surface area contributed by atoms with Gasteiger partial charge in [-0.2, -0.15) is 5.26 Å². The number of nitrogens with two attached hydrogens (primary N) is 1. The van der Waals surface area contributed by atoms with Crippen molar-refractivity contribution in [1.29, 1.82) is 5.26 Å². The minimum Gasteiger partial charge on any atom is -0.389 e. The van der Waals surface area contributed by atoms with Gasteiger partial charge < -0.3 is 10.3 Å². The summed E-state index contributed by atoms with van der Waals surface area (Å²) in [6.45, 7) is 0. The van der Waals surface area contributed by atoms with Crippen LogP contribution >= 0.6 is 35.4 Å². The molecule has 21 heavy (non-hydrogen) atoms. The van der Waals surface area contributed by atoms with Gasteiger partial charge in [0.1, 0.15) is 11.1 Å². The Balaban J connectivity index is 2.54. The van der Waals surface area contributed by atoms with E-state index >= 15 is 0 Å². The van der Waals surface area contributed by atoms with Gasteiger partial charge in [-0.3, -0.25) is 0 Å². The molecule has 1 heterocycles. The predicted molar refractivity (Wildman–Crippen MR) is 91.2 cm³/mol. The van der Waals surface area contributed by atoms with Gasteiger partial charge in [0.2, 0.25) is 0 Å². The van der Waals surface area contributed by atoms with E-state index in [4.69, 9.17) is 46.4 Å². The van der Waals surface area contributed by atoms with E-state index in [-0.39, 0.29) is 10.6 Å². The highest BCUT2D eigenvalue weighted by Crippen LogP contribution is 2.31. The number of thiocarbonyl (C=S) groups is 1. The summed E-state index contributed by atoms with van der Waals surface area (Å²) in [6, 6.07) is 11.0. The van der Waals surface area contributed by atoms with E-state index in [0.717, 1.165) is 17.0 Å². The maximum atomic E-state index is 9.02. The fourth-order valence-electron chi connectivity index (χ4n) is 1.94. The molecule has 2 rings (SSSR count). The van der Waals surface area contributed by atoms with E-state index in [2.05, 4.69) is 0 Å². The van der Waals surface area contributed by atoms with Crippen LogP contribution in [0.3, 0.4) is 0 Å². The first-order valence-electron chi connectivity index (χ1n) is 5.96. The van der Waals surface area contributed by atoms with E-state index in [0.29, 0.717) is 10.0 Å². The average Bonchev–Trinajstić information content (AvgIpc) is 2.79. The summed E-state index contributed by atoms with van der Waals surface area (Å²) in [7, 11) is 1.87. The molecule has 0 unspecified atom stereocenters. The van der Waals surface area contributed by atoms with Gasteiger partial charge >= 0.3 is 0 Å². The van der Waals surface area contributed by atoms with Gasteiger partial charge in [0.05, 0.1) is 5.57 Å². The van der Waals surface area contributed by atoms with Crippen molar-refractivity contribution in [1.82, 2.24) is 4.57 Å². The molecule has 0 fully saturated rings. The molecular formula is C15H11Cl2N3S. The first-order valence-corrected chi connectivity index (χ1v) is 7.13. The van der Waals surface area contributed by atoms with E-state index in [1.807, 2.05) is 29.8 Å². The van der Waals surface area contributed by atoms with Gasteiger partial charge in [0.15, 0.2) is 0 Å². The molecule has 0 radical (unpaired) electrons. The van der Waals surface area contributed by atoms with Crippen molar-refractivity contribution in [3.05, 3.63) is 51.6 Å². The van der Waals surface area contributed by atoms with Crippen LogP contribution in [0.4, 0.5) is 0 Å². The molecule has 0 aliphatic heterocycles. The van der Waals surface area contributed by atoms with Crippen LogP contribution < -0.4 is 5.73 Å². The van der Waals surface area contributed by atoms with Crippen molar-refractivity contribution in [2.45, 2.75) is 0 Å². The molecule has 0 saturated carbocycles. The van der Waals surface area contributed by atoms with Gasteiger partial charge in [-0.15, -0.1) is 0 Å². The van der Waals surface area contributed by atoms with Gasteiger partial charge in [-0.25, -0.2) is 0 Å². The molecule has 2 aromatic rings. The fraction of sp³-hybridized carbons (Fsp3) is 0.0667. The van der Waals surface area contributed by atoms with E-state index < -0.39 is 0 Å². The quantitative estimate of drug-likeness (QED) is 0.519. The highest BCUT2D eigenvalue weighted by atomic mass is 35.5. The minimum absolute atomic E-state index is 0.0704. The molecule has 0 saturated heterocycles. The second-order valence-electron chi connectivity index (χ2n) is 4.36. The number of nitriles is 1. The molecule has 6 heteroatoms. The molecule has 106 valence electrons. The lowest BCUT2D eigenvalue weighted by atomic mass is 10.1. The zero-order chi connectivity index (χ0) is 15.6. The number of benzene rings is 1. The van der Waals surface area contributed by atoms with Gasteiger partial charge in [-0.1, -0.05) is 35.4 Å². The lowest BCUT2D eigenvalue weighted by Crippen LogP contribution is -2.10. The molecule has 1 aromatic carbocycles. The van der Waals surface area contributed by atoms with Crippen molar-refractivity contribution >= 4 is 46.5 Å². The Morgan fingerprint density at radius 3 is 2.67 bits per heavy atom. The van der Waals surface area contributed by atoms with Gasteiger partial charge in [-0.05, 0) is 36.4 Å². The Hall–Kier alpha value is -1.80. The Morgan fingerprint density at radius 1 is 1.33 bits per heavy atom. The Kier molecular flexibility index (Phi) is 4.69. The van der Waals surface area contributed by atoms with Crippen LogP contribution in [0, 0.1) is 11.3 Å². The number of halogens is 2. The second kappa shape index (κ2) is 6.31. The molecule has 0 spiro atoms. The molecule has 0 aliphatic rings. The molecule has 1 aromatic heterocycles. The van der Waals surface area contributed by atoms with Crippen molar-refractivity contribution in [2.24, 2.45) is 12.8 Å². The Labute approximate surface area is 138 Å². The van der Waals surface area contributed by atoms with Crippen LogP contribution in [-0.4, -0.2) is 9.56 Å². The standard InChI is InChI=1S/C15H11Cl2N3S/c1-20-11(6-9(8-18)15(19)21)3-5-14(20)12-7-10(16)2-4-13(12)17/h2-7H,1H3,(H2,19,21). The summed E-state index contributed by atoms with van der Waals surface area (Å²) in [4.78, 5) is 0.0704. The third kappa shape index (κ3) is 3.27. The minimum atomic E-state index is 0.0704. The SMILES string of the molecule is Cn1c(C=C(C#N)C(N)=S)ccc1-c1cc(Cl)ccc1Cl. The number of aromatic nitrogens is 1. The number of nitrogens with zero attached hydrogens (tertiary/aromatic N) is 2. The first-order chi connectivity index (χ1) is 9.93. The van der Waals surface area contributed by atoms with Crippen molar-refractivity contribution < 1.29 is 0 Å². The maximum absolute atomic E-state index is 9.02. The van der Waals surface area contributed by atoms with Crippen molar-refractivity contribution in [3.63, 3.8) is 0 Å². The summed E-state index contributed by atoms with van der Waals surface area (Å²) < 4.78 is 1.90. The number of rotatable bonds is 3. The lowest BCUT2D eigenvalue weighted by Gasteiger charge is -2.08. The lowest BCUT2D eigenvalue weighted by molar-refractivity contribution is 0.924. The smallest absolute Gasteiger partial charge is 0.114 e. The molecule has 2 N–H and O–H groups in total. The third-order valence-corrected chi connectivity index (χ3v) is 3.83. The van der Waals surface area contributed by atoms with Gasteiger partial charge in [0.25, 0.3) is 0 Å². The van der Waals surface area contributed by atoms with Crippen LogP contribution in [0.1, 0.15) is 5.69 Å². The molecule has 3 nitrogen and oxygen atoms in total. The van der Waals surface area contributed by atoms with Crippen LogP contribution in [0.2, 0.25) is 10.0 Å². The molecule has 0 bridgehead atoms. The highest BCUT2D eigenvalue weighted by molar-refractivity contribution is 7.80. The van der Waals surface area contributed by atoms with Crippen LogP contribution in [0.15, 0.2) is 35.9 Å². The summed E-state index contributed by atoms with van der Waals surface area (Å²) in [6.07, 6.45) is 1.64. The monoisotopic (exact) mass is 335 g/mol. The number of hydrogen-bond acceptors (Lipinski definition) is 2. The number of hydrogen-bond donors (Lipinski definition) is 1. The van der Waals surface area contributed by atoms with Crippen LogP contribution in [-0.2, 0) is 7.05 Å². The topological polar surface area (TPSA) is 54.7 Å². The largest absolute Gasteiger partial charge is 0.389 e. The van der Waals surface area contributed by atoms with Crippen LogP contribution in [0.25, 0.3) is 17.3 Å². The fourth-order valence-corrected chi connectivity index (χ4v) is 2.43. The zero-order valence-corrected chi connectivity index (χ0v) is 13.4.